The molecule has 0 aliphatic heterocycles. The number of hydrogen-bond acceptors (Lipinski definition) is 2. The van der Waals surface area contributed by atoms with Crippen molar-refractivity contribution in [3.8, 4) is 0 Å². The van der Waals surface area contributed by atoms with Gasteiger partial charge in [0.2, 0.25) is 5.91 Å². The predicted octanol–water partition coefficient (Wildman–Crippen LogP) is 5.31. The smallest absolute Gasteiger partial charge is 0.244 e. The van der Waals surface area contributed by atoms with E-state index in [4.69, 9.17) is 0 Å². The van der Waals surface area contributed by atoms with E-state index in [1.807, 2.05) is 66.7 Å². The van der Waals surface area contributed by atoms with E-state index in [-0.39, 0.29) is 17.2 Å². The first kappa shape index (κ1) is 19.1. The molecule has 29 heavy (non-hydrogen) atoms. The quantitative estimate of drug-likeness (QED) is 0.436. The molecule has 0 saturated heterocycles. The maximum Gasteiger partial charge on any atom is 0.244 e. The maximum absolute atomic E-state index is 13.1. The molecular weight excluding hydrogens is 356 g/mol. The summed E-state index contributed by atoms with van der Waals surface area (Å²) in [5.74, 6) is -0.128. The third kappa shape index (κ3) is 3.86. The number of nitrogens with zero attached hydrogens (tertiary/aromatic N) is 1. The topological polar surface area (TPSA) is 41.5 Å². The van der Waals surface area contributed by atoms with Gasteiger partial charge in [-0.1, -0.05) is 104 Å². The molecule has 146 valence electrons. The van der Waals surface area contributed by atoms with Crippen LogP contribution in [0.15, 0.2) is 96.1 Å². The largest absolute Gasteiger partial charge is 0.273 e. The highest BCUT2D eigenvalue weighted by atomic mass is 16.2. The van der Waals surface area contributed by atoms with Gasteiger partial charge in [-0.15, -0.1) is 0 Å². The van der Waals surface area contributed by atoms with Crippen LogP contribution in [0.1, 0.15) is 42.9 Å². The molecule has 1 amide bonds. The number of amides is 1. The Balaban J connectivity index is 1.59. The lowest BCUT2D eigenvalue weighted by Crippen LogP contribution is -2.26. The van der Waals surface area contributed by atoms with Gasteiger partial charge in [0.05, 0.1) is 11.6 Å². The summed E-state index contributed by atoms with van der Waals surface area (Å²) in [5.41, 5.74) is 6.96. The van der Waals surface area contributed by atoms with Gasteiger partial charge in [0.25, 0.3) is 0 Å². The fourth-order valence-corrected chi connectivity index (χ4v) is 4.19. The van der Waals surface area contributed by atoms with Crippen molar-refractivity contribution in [2.75, 3.05) is 0 Å². The number of hydrazone groups is 1. The summed E-state index contributed by atoms with van der Waals surface area (Å²) in [6.45, 7) is 2.12. The summed E-state index contributed by atoms with van der Waals surface area (Å²) in [4.78, 5) is 13.1. The van der Waals surface area contributed by atoms with Gasteiger partial charge >= 0.3 is 0 Å². The molecule has 1 saturated carbocycles. The number of carbonyl (C=O) groups is 1. The molecule has 0 unspecified atom stereocenters. The summed E-state index contributed by atoms with van der Waals surface area (Å²) >= 11 is 0. The minimum Gasteiger partial charge on any atom is -0.273 e. The molecule has 0 radical (unpaired) electrons. The van der Waals surface area contributed by atoms with Crippen molar-refractivity contribution in [3.05, 3.63) is 108 Å². The molecule has 1 N–H and O–H groups in total. The Kier molecular flexibility index (Phi) is 5.57. The first-order valence-corrected chi connectivity index (χ1v) is 10.3. The van der Waals surface area contributed by atoms with Gasteiger partial charge in [-0.25, -0.2) is 5.43 Å². The lowest BCUT2D eigenvalue weighted by molar-refractivity contribution is -0.122. The van der Waals surface area contributed by atoms with Gasteiger partial charge in [0, 0.05) is 5.41 Å². The van der Waals surface area contributed by atoms with Crippen LogP contribution in [0.5, 0.6) is 0 Å². The van der Waals surface area contributed by atoms with E-state index in [9.17, 15) is 4.79 Å². The van der Waals surface area contributed by atoms with Crippen molar-refractivity contribution in [2.24, 2.45) is 11.0 Å². The molecular formula is C26H26N2O. The number of rotatable bonds is 7. The number of hydrogen-bond donors (Lipinski definition) is 1. The van der Waals surface area contributed by atoms with Crippen LogP contribution in [0.3, 0.4) is 0 Å². The number of benzene rings is 3. The van der Waals surface area contributed by atoms with Crippen molar-refractivity contribution < 1.29 is 4.79 Å². The van der Waals surface area contributed by atoms with E-state index >= 15 is 0 Å². The van der Waals surface area contributed by atoms with Crippen molar-refractivity contribution in [2.45, 2.75) is 31.6 Å². The molecule has 1 aliphatic carbocycles. The monoisotopic (exact) mass is 382 g/mol. The molecule has 4 rings (SSSR count). The van der Waals surface area contributed by atoms with Crippen LogP contribution in [0.4, 0.5) is 0 Å². The Morgan fingerprint density at radius 3 is 1.93 bits per heavy atom. The second-order valence-corrected chi connectivity index (χ2v) is 7.61. The second kappa shape index (κ2) is 8.44. The molecule has 1 fully saturated rings. The normalized spacial score (nSPS) is 17.6. The standard InChI is InChI=1S/C26H26N2O/c1-2-12-24(20-13-6-3-7-14-20)27-28-25(29)23-19-26(23,21-15-8-4-9-16-21)22-17-10-5-11-18-22/h3-11,13-18,23H,2,12,19H2,1H3,(H,28,29)/b27-24-/t23-/m1/s1. The molecule has 3 aromatic rings. The van der Waals surface area contributed by atoms with E-state index in [2.05, 4.69) is 41.7 Å². The highest BCUT2D eigenvalue weighted by Crippen LogP contribution is 2.58. The molecule has 0 aromatic heterocycles. The van der Waals surface area contributed by atoms with E-state index < -0.39 is 0 Å². The zero-order valence-electron chi connectivity index (χ0n) is 16.7. The predicted molar refractivity (Wildman–Crippen MR) is 118 cm³/mol. The van der Waals surface area contributed by atoms with Crippen molar-refractivity contribution in [1.82, 2.24) is 5.43 Å². The SMILES string of the molecule is CCC/C(=N/NC(=O)[C@H]1CC1(c1ccccc1)c1ccccc1)c1ccccc1. The van der Waals surface area contributed by atoms with E-state index in [0.717, 1.165) is 30.5 Å². The lowest BCUT2D eigenvalue weighted by atomic mass is 9.85. The Hall–Kier alpha value is -3.20. The first-order chi connectivity index (χ1) is 14.3. The first-order valence-electron chi connectivity index (χ1n) is 10.3. The molecule has 1 atom stereocenters. The van der Waals surface area contributed by atoms with Gasteiger partial charge < -0.3 is 0 Å². The van der Waals surface area contributed by atoms with Crippen molar-refractivity contribution in [3.63, 3.8) is 0 Å². The van der Waals surface area contributed by atoms with Crippen LogP contribution in [0.25, 0.3) is 0 Å². The molecule has 1 aliphatic rings. The zero-order valence-corrected chi connectivity index (χ0v) is 16.7. The van der Waals surface area contributed by atoms with Gasteiger partial charge in [-0.3, -0.25) is 4.79 Å². The van der Waals surface area contributed by atoms with Crippen LogP contribution in [-0.2, 0) is 10.2 Å². The van der Waals surface area contributed by atoms with Crippen LogP contribution in [0, 0.1) is 5.92 Å². The van der Waals surface area contributed by atoms with Crippen LogP contribution >= 0.6 is 0 Å². The Bertz CT molecular complexity index is 941. The fourth-order valence-electron chi connectivity index (χ4n) is 4.19. The van der Waals surface area contributed by atoms with Crippen LogP contribution in [-0.4, -0.2) is 11.6 Å². The zero-order chi connectivity index (χ0) is 20.1. The van der Waals surface area contributed by atoms with Crippen LogP contribution < -0.4 is 5.43 Å². The number of nitrogens with one attached hydrogen (secondary N) is 1. The molecule has 3 nitrogen and oxygen atoms in total. The third-order valence-electron chi connectivity index (χ3n) is 5.75. The van der Waals surface area contributed by atoms with E-state index in [0.29, 0.717) is 0 Å². The van der Waals surface area contributed by atoms with Gasteiger partial charge in [-0.05, 0) is 29.5 Å². The molecule has 3 aromatic carbocycles. The molecule has 0 spiro atoms. The third-order valence-corrected chi connectivity index (χ3v) is 5.75. The average molecular weight is 383 g/mol. The summed E-state index contributed by atoms with van der Waals surface area (Å²) in [6.07, 6.45) is 2.61. The van der Waals surface area contributed by atoms with E-state index in [1.54, 1.807) is 0 Å². The highest BCUT2D eigenvalue weighted by Gasteiger charge is 2.60. The highest BCUT2D eigenvalue weighted by molar-refractivity contribution is 6.01. The molecule has 3 heteroatoms. The minimum absolute atomic E-state index is 0.0118. The van der Waals surface area contributed by atoms with E-state index in [1.165, 1.54) is 11.1 Å². The summed E-state index contributed by atoms with van der Waals surface area (Å²) in [6, 6.07) is 30.7. The Morgan fingerprint density at radius 1 is 0.897 bits per heavy atom. The maximum atomic E-state index is 13.1. The summed E-state index contributed by atoms with van der Waals surface area (Å²) < 4.78 is 0. The Labute approximate surface area is 172 Å². The van der Waals surface area contributed by atoms with Crippen molar-refractivity contribution >= 4 is 11.6 Å². The van der Waals surface area contributed by atoms with Gasteiger partial charge in [0.1, 0.15) is 0 Å². The fraction of sp³-hybridized carbons (Fsp3) is 0.231. The lowest BCUT2D eigenvalue weighted by Gasteiger charge is -2.18. The number of carbonyl (C=O) groups excluding carboxylic acids is 1. The second-order valence-electron chi connectivity index (χ2n) is 7.61. The average Bonchev–Trinajstić information content (AvgIpc) is 3.55. The van der Waals surface area contributed by atoms with Gasteiger partial charge in [-0.2, -0.15) is 5.10 Å². The van der Waals surface area contributed by atoms with Gasteiger partial charge in [0.15, 0.2) is 0 Å². The summed E-state index contributed by atoms with van der Waals surface area (Å²) in [5, 5.41) is 4.51. The summed E-state index contributed by atoms with van der Waals surface area (Å²) in [7, 11) is 0. The minimum atomic E-state index is -0.264. The van der Waals surface area contributed by atoms with Crippen molar-refractivity contribution in [1.29, 1.82) is 0 Å². The molecule has 0 heterocycles. The molecule has 0 bridgehead atoms. The Morgan fingerprint density at radius 2 is 1.41 bits per heavy atom. The van der Waals surface area contributed by atoms with Crippen LogP contribution in [0.2, 0.25) is 0 Å².